The van der Waals surface area contributed by atoms with Gasteiger partial charge in [0.1, 0.15) is 0 Å². The fraction of sp³-hybridized carbons (Fsp3) is 0.722. The van der Waals surface area contributed by atoms with E-state index in [0.717, 1.165) is 50.7 Å². The maximum absolute atomic E-state index is 11.8. The van der Waals surface area contributed by atoms with Crippen LogP contribution >= 0.6 is 0 Å². The molecule has 3 rings (SSSR count). The zero-order chi connectivity index (χ0) is 16.9. The van der Waals surface area contributed by atoms with Crippen LogP contribution in [0.25, 0.3) is 0 Å². The zero-order valence-corrected chi connectivity index (χ0v) is 14.9. The molecule has 1 aromatic heterocycles. The summed E-state index contributed by atoms with van der Waals surface area (Å²) in [6.07, 6.45) is 7.97. The number of rotatable bonds is 5. The molecule has 3 heterocycles. The molecule has 0 saturated carbocycles. The molecule has 2 unspecified atom stereocenters. The van der Waals surface area contributed by atoms with Crippen molar-refractivity contribution < 1.29 is 4.79 Å². The molecule has 0 radical (unpaired) electrons. The number of piperidine rings is 1. The molecule has 0 aromatic carbocycles. The largest absolute Gasteiger partial charge is 0.342 e. The summed E-state index contributed by atoms with van der Waals surface area (Å²) in [7, 11) is 0. The molecule has 0 spiro atoms. The van der Waals surface area contributed by atoms with Gasteiger partial charge in [-0.15, -0.1) is 0 Å². The van der Waals surface area contributed by atoms with Crippen LogP contribution in [0, 0.1) is 5.92 Å². The van der Waals surface area contributed by atoms with E-state index < -0.39 is 0 Å². The Labute approximate surface area is 144 Å². The molecule has 1 amide bonds. The van der Waals surface area contributed by atoms with Crippen LogP contribution in [0.1, 0.15) is 45.1 Å². The van der Waals surface area contributed by atoms with Crippen molar-refractivity contribution in [3.63, 3.8) is 0 Å². The zero-order valence-electron chi connectivity index (χ0n) is 14.9. The van der Waals surface area contributed by atoms with Crippen molar-refractivity contribution in [1.82, 2.24) is 20.2 Å². The molecule has 2 atom stereocenters. The van der Waals surface area contributed by atoms with Gasteiger partial charge in [-0.3, -0.25) is 4.79 Å². The third kappa shape index (κ3) is 4.04. The standard InChI is InChI=1S/C18H29N5O/c1-3-17(24)23-9-6-16(14(2)13-23)19-10-15-11-20-18(21-12-15)22-7-4-5-8-22/h11-12,14,16,19H,3-10,13H2,1-2H3. The van der Waals surface area contributed by atoms with E-state index in [9.17, 15) is 4.79 Å². The predicted molar refractivity (Wildman–Crippen MR) is 94.8 cm³/mol. The Kier molecular flexibility index (Phi) is 5.66. The van der Waals surface area contributed by atoms with Crippen LogP contribution in [0.5, 0.6) is 0 Å². The lowest BCUT2D eigenvalue weighted by molar-refractivity contribution is -0.132. The van der Waals surface area contributed by atoms with Crippen molar-refractivity contribution in [3.8, 4) is 0 Å². The summed E-state index contributed by atoms with van der Waals surface area (Å²) in [6, 6.07) is 0.448. The Morgan fingerprint density at radius 2 is 1.96 bits per heavy atom. The van der Waals surface area contributed by atoms with Crippen LogP contribution < -0.4 is 10.2 Å². The average Bonchev–Trinajstić information content (AvgIpc) is 3.15. The molecule has 0 bridgehead atoms. The van der Waals surface area contributed by atoms with Gasteiger partial charge in [0.2, 0.25) is 11.9 Å². The number of nitrogens with zero attached hydrogens (tertiary/aromatic N) is 4. The second kappa shape index (κ2) is 7.92. The Morgan fingerprint density at radius 1 is 1.25 bits per heavy atom. The highest BCUT2D eigenvalue weighted by Gasteiger charge is 2.27. The molecular weight excluding hydrogens is 302 g/mol. The van der Waals surface area contributed by atoms with Gasteiger partial charge in [0.05, 0.1) is 0 Å². The molecule has 2 aliphatic rings. The van der Waals surface area contributed by atoms with E-state index >= 15 is 0 Å². The summed E-state index contributed by atoms with van der Waals surface area (Å²) >= 11 is 0. The van der Waals surface area contributed by atoms with E-state index in [1.807, 2.05) is 24.2 Å². The Hall–Kier alpha value is -1.69. The predicted octanol–water partition coefficient (Wildman–Crippen LogP) is 1.81. The normalized spacial score (nSPS) is 24.4. The van der Waals surface area contributed by atoms with Crippen molar-refractivity contribution in [2.45, 2.75) is 52.1 Å². The van der Waals surface area contributed by atoms with Crippen molar-refractivity contribution in [3.05, 3.63) is 18.0 Å². The average molecular weight is 331 g/mol. The van der Waals surface area contributed by atoms with Crippen molar-refractivity contribution in [2.75, 3.05) is 31.1 Å². The van der Waals surface area contributed by atoms with E-state index in [1.165, 1.54) is 12.8 Å². The SMILES string of the molecule is CCC(=O)N1CCC(NCc2cnc(N3CCCC3)nc2)C(C)C1. The number of amides is 1. The first-order valence-electron chi connectivity index (χ1n) is 9.24. The summed E-state index contributed by atoms with van der Waals surface area (Å²) in [6.45, 7) is 8.81. The number of hydrogen-bond donors (Lipinski definition) is 1. The van der Waals surface area contributed by atoms with Gasteiger partial charge in [-0.1, -0.05) is 13.8 Å². The van der Waals surface area contributed by atoms with Crippen LogP contribution in [-0.4, -0.2) is 53.0 Å². The van der Waals surface area contributed by atoms with Crippen molar-refractivity contribution in [2.24, 2.45) is 5.92 Å². The minimum atomic E-state index is 0.270. The molecule has 132 valence electrons. The van der Waals surface area contributed by atoms with E-state index in [4.69, 9.17) is 0 Å². The number of aromatic nitrogens is 2. The van der Waals surface area contributed by atoms with Crippen LogP contribution in [0.2, 0.25) is 0 Å². The smallest absolute Gasteiger partial charge is 0.225 e. The highest BCUT2D eigenvalue weighted by atomic mass is 16.2. The minimum absolute atomic E-state index is 0.270. The fourth-order valence-corrected chi connectivity index (χ4v) is 3.67. The maximum Gasteiger partial charge on any atom is 0.225 e. The summed E-state index contributed by atoms with van der Waals surface area (Å²) in [4.78, 5) is 25.1. The molecule has 2 aliphatic heterocycles. The number of carbonyl (C=O) groups is 1. The Morgan fingerprint density at radius 3 is 2.58 bits per heavy atom. The summed E-state index contributed by atoms with van der Waals surface area (Å²) in [5.41, 5.74) is 1.12. The fourth-order valence-electron chi connectivity index (χ4n) is 3.67. The monoisotopic (exact) mass is 331 g/mol. The lowest BCUT2D eigenvalue weighted by Crippen LogP contribution is -2.49. The number of anilines is 1. The van der Waals surface area contributed by atoms with E-state index in [2.05, 4.69) is 27.1 Å². The quantitative estimate of drug-likeness (QED) is 0.892. The Balaban J connectivity index is 1.48. The van der Waals surface area contributed by atoms with Gasteiger partial charge in [-0.25, -0.2) is 9.97 Å². The first-order chi connectivity index (χ1) is 11.7. The van der Waals surface area contributed by atoms with Crippen LogP contribution in [0.15, 0.2) is 12.4 Å². The van der Waals surface area contributed by atoms with E-state index in [1.54, 1.807) is 0 Å². The minimum Gasteiger partial charge on any atom is -0.342 e. The number of hydrogen-bond acceptors (Lipinski definition) is 5. The second-order valence-corrected chi connectivity index (χ2v) is 7.03. The molecule has 6 nitrogen and oxygen atoms in total. The van der Waals surface area contributed by atoms with Gasteiger partial charge in [0.15, 0.2) is 0 Å². The molecule has 1 aromatic rings. The van der Waals surface area contributed by atoms with Gasteiger partial charge < -0.3 is 15.1 Å². The summed E-state index contributed by atoms with van der Waals surface area (Å²) in [5.74, 6) is 1.60. The van der Waals surface area contributed by atoms with Gasteiger partial charge in [0.25, 0.3) is 0 Å². The first kappa shape index (κ1) is 17.1. The van der Waals surface area contributed by atoms with Gasteiger partial charge >= 0.3 is 0 Å². The van der Waals surface area contributed by atoms with Gasteiger partial charge in [-0.2, -0.15) is 0 Å². The van der Waals surface area contributed by atoms with Crippen LogP contribution in [0.3, 0.4) is 0 Å². The molecule has 2 saturated heterocycles. The van der Waals surface area contributed by atoms with E-state index in [0.29, 0.717) is 18.4 Å². The highest BCUT2D eigenvalue weighted by molar-refractivity contribution is 5.75. The maximum atomic E-state index is 11.8. The van der Waals surface area contributed by atoms with Crippen molar-refractivity contribution in [1.29, 1.82) is 0 Å². The van der Waals surface area contributed by atoms with Gasteiger partial charge in [0, 0.05) is 63.1 Å². The number of likely N-dealkylation sites (tertiary alicyclic amines) is 1. The molecule has 1 N–H and O–H groups in total. The lowest BCUT2D eigenvalue weighted by Gasteiger charge is -2.37. The molecular formula is C18H29N5O. The molecule has 0 aliphatic carbocycles. The lowest BCUT2D eigenvalue weighted by atomic mass is 9.93. The van der Waals surface area contributed by atoms with Gasteiger partial charge in [-0.05, 0) is 25.2 Å². The molecule has 6 heteroatoms. The number of carbonyl (C=O) groups excluding carboxylic acids is 1. The van der Waals surface area contributed by atoms with Crippen LogP contribution in [0.4, 0.5) is 5.95 Å². The number of nitrogens with one attached hydrogen (secondary N) is 1. The van der Waals surface area contributed by atoms with Crippen LogP contribution in [-0.2, 0) is 11.3 Å². The first-order valence-corrected chi connectivity index (χ1v) is 9.24. The third-order valence-corrected chi connectivity index (χ3v) is 5.21. The van der Waals surface area contributed by atoms with E-state index in [-0.39, 0.29) is 5.91 Å². The topological polar surface area (TPSA) is 61.4 Å². The summed E-state index contributed by atoms with van der Waals surface area (Å²) < 4.78 is 0. The van der Waals surface area contributed by atoms with Crippen molar-refractivity contribution >= 4 is 11.9 Å². The molecule has 2 fully saturated rings. The highest BCUT2D eigenvalue weighted by Crippen LogP contribution is 2.18. The Bertz CT molecular complexity index is 541. The summed E-state index contributed by atoms with van der Waals surface area (Å²) in [5, 5.41) is 3.62. The molecule has 24 heavy (non-hydrogen) atoms. The second-order valence-electron chi connectivity index (χ2n) is 7.03. The third-order valence-electron chi connectivity index (χ3n) is 5.21.